The molecule has 0 saturated carbocycles. The topological polar surface area (TPSA) is 20.3 Å². The smallest absolute Gasteiger partial charge is 0.222 e. The summed E-state index contributed by atoms with van der Waals surface area (Å²) in [5.74, 6) is 0.363. The van der Waals surface area contributed by atoms with E-state index in [1.807, 2.05) is 4.90 Å². The largest absolute Gasteiger partial charge is 0.340 e. The van der Waals surface area contributed by atoms with Crippen molar-refractivity contribution in [3.8, 4) is 0 Å². The van der Waals surface area contributed by atoms with Crippen molar-refractivity contribution in [2.45, 2.75) is 52.0 Å². The van der Waals surface area contributed by atoms with Gasteiger partial charge in [-0.2, -0.15) is 0 Å². The Morgan fingerprint density at radius 3 is 2.83 bits per heavy atom. The normalized spacial score (nSPS) is 24.7. The minimum atomic E-state index is 0.363. The lowest BCUT2D eigenvalue weighted by molar-refractivity contribution is -0.136. The van der Waals surface area contributed by atoms with E-state index < -0.39 is 0 Å². The quantitative estimate of drug-likeness (QED) is 0.634. The van der Waals surface area contributed by atoms with Crippen molar-refractivity contribution in [1.82, 2.24) is 4.90 Å². The van der Waals surface area contributed by atoms with E-state index in [9.17, 15) is 4.79 Å². The molecule has 12 heavy (non-hydrogen) atoms. The Morgan fingerprint density at radius 2 is 2.25 bits per heavy atom. The molecule has 1 rings (SSSR count). The fourth-order valence-electron chi connectivity index (χ4n) is 2.06. The average Bonchev–Trinajstić information content (AvgIpc) is 2.05. The standard InChI is InChI=1S/C10H19NO/c1-3-6-9-7-5-8-10(12)11(9)4-2/h9H,3-8H2,1-2H3. The molecule has 1 saturated heterocycles. The monoisotopic (exact) mass is 169 g/mol. The predicted octanol–water partition coefficient (Wildman–Crippen LogP) is 2.19. The summed E-state index contributed by atoms with van der Waals surface area (Å²) in [4.78, 5) is 13.5. The maximum atomic E-state index is 11.4. The molecular weight excluding hydrogens is 150 g/mol. The van der Waals surface area contributed by atoms with Crippen LogP contribution < -0.4 is 0 Å². The number of hydrogen-bond donors (Lipinski definition) is 0. The molecule has 0 bridgehead atoms. The number of amides is 1. The fraction of sp³-hybridized carbons (Fsp3) is 0.900. The van der Waals surface area contributed by atoms with Crippen LogP contribution >= 0.6 is 0 Å². The second-order valence-corrected chi connectivity index (χ2v) is 3.51. The van der Waals surface area contributed by atoms with Crippen LogP contribution in [-0.2, 0) is 4.79 Å². The highest BCUT2D eigenvalue weighted by Gasteiger charge is 2.25. The Hall–Kier alpha value is -0.530. The molecule has 1 unspecified atom stereocenters. The van der Waals surface area contributed by atoms with Gasteiger partial charge in [-0.15, -0.1) is 0 Å². The van der Waals surface area contributed by atoms with Crippen LogP contribution in [0.5, 0.6) is 0 Å². The minimum absolute atomic E-state index is 0.363. The molecule has 0 radical (unpaired) electrons. The summed E-state index contributed by atoms with van der Waals surface area (Å²) in [6, 6.07) is 0.543. The van der Waals surface area contributed by atoms with Crippen LogP contribution in [0.4, 0.5) is 0 Å². The first-order chi connectivity index (χ1) is 5.79. The van der Waals surface area contributed by atoms with Gasteiger partial charge in [-0.25, -0.2) is 0 Å². The lowest BCUT2D eigenvalue weighted by Gasteiger charge is -2.34. The van der Waals surface area contributed by atoms with E-state index in [-0.39, 0.29) is 0 Å². The number of hydrogen-bond acceptors (Lipinski definition) is 1. The molecule has 0 aromatic heterocycles. The zero-order valence-electron chi connectivity index (χ0n) is 8.18. The molecule has 1 aliphatic heterocycles. The molecule has 0 aromatic rings. The molecule has 0 spiro atoms. The van der Waals surface area contributed by atoms with E-state index in [1.54, 1.807) is 0 Å². The summed E-state index contributed by atoms with van der Waals surface area (Å²) in [7, 11) is 0. The molecule has 0 aromatic carbocycles. The van der Waals surface area contributed by atoms with E-state index in [2.05, 4.69) is 13.8 Å². The van der Waals surface area contributed by atoms with E-state index >= 15 is 0 Å². The summed E-state index contributed by atoms with van der Waals surface area (Å²) < 4.78 is 0. The third-order valence-corrected chi connectivity index (χ3v) is 2.65. The van der Waals surface area contributed by atoms with Gasteiger partial charge in [-0.3, -0.25) is 4.79 Å². The molecule has 1 fully saturated rings. The molecule has 1 atom stereocenters. The summed E-state index contributed by atoms with van der Waals surface area (Å²) in [5, 5.41) is 0. The lowest BCUT2D eigenvalue weighted by atomic mass is 9.98. The number of rotatable bonds is 3. The third kappa shape index (κ3) is 1.99. The Balaban J connectivity index is 2.51. The number of nitrogens with zero attached hydrogens (tertiary/aromatic N) is 1. The van der Waals surface area contributed by atoms with Gasteiger partial charge in [0.1, 0.15) is 0 Å². The van der Waals surface area contributed by atoms with Crippen molar-refractivity contribution in [2.24, 2.45) is 0 Å². The maximum Gasteiger partial charge on any atom is 0.222 e. The Bertz CT molecular complexity index is 154. The molecule has 70 valence electrons. The second kappa shape index (κ2) is 4.48. The molecule has 2 nitrogen and oxygen atoms in total. The summed E-state index contributed by atoms with van der Waals surface area (Å²) >= 11 is 0. The summed E-state index contributed by atoms with van der Waals surface area (Å²) in [6.07, 6.45) is 5.45. The molecule has 0 N–H and O–H groups in total. The van der Waals surface area contributed by atoms with Crippen LogP contribution in [0.3, 0.4) is 0 Å². The van der Waals surface area contributed by atoms with Gasteiger partial charge >= 0.3 is 0 Å². The Labute approximate surface area is 74.9 Å². The minimum Gasteiger partial charge on any atom is -0.340 e. The van der Waals surface area contributed by atoms with Crippen molar-refractivity contribution >= 4 is 5.91 Å². The predicted molar refractivity (Wildman–Crippen MR) is 49.9 cm³/mol. The van der Waals surface area contributed by atoms with Crippen molar-refractivity contribution in [1.29, 1.82) is 0 Å². The van der Waals surface area contributed by atoms with Gasteiger partial charge in [0.2, 0.25) is 5.91 Å². The van der Waals surface area contributed by atoms with Crippen LogP contribution in [0.1, 0.15) is 46.0 Å². The first-order valence-electron chi connectivity index (χ1n) is 5.09. The first-order valence-corrected chi connectivity index (χ1v) is 5.09. The van der Waals surface area contributed by atoms with Crippen LogP contribution in [0.25, 0.3) is 0 Å². The average molecular weight is 169 g/mol. The van der Waals surface area contributed by atoms with E-state index in [4.69, 9.17) is 0 Å². The van der Waals surface area contributed by atoms with Crippen molar-refractivity contribution < 1.29 is 4.79 Å². The van der Waals surface area contributed by atoms with Gasteiger partial charge in [0.15, 0.2) is 0 Å². The van der Waals surface area contributed by atoms with Crippen molar-refractivity contribution in [3.63, 3.8) is 0 Å². The zero-order chi connectivity index (χ0) is 8.97. The molecule has 2 heteroatoms. The second-order valence-electron chi connectivity index (χ2n) is 3.51. The fourth-order valence-corrected chi connectivity index (χ4v) is 2.06. The Morgan fingerprint density at radius 1 is 1.50 bits per heavy atom. The third-order valence-electron chi connectivity index (χ3n) is 2.65. The van der Waals surface area contributed by atoms with Gasteiger partial charge in [0.25, 0.3) is 0 Å². The maximum absolute atomic E-state index is 11.4. The van der Waals surface area contributed by atoms with Crippen molar-refractivity contribution in [3.05, 3.63) is 0 Å². The van der Waals surface area contributed by atoms with Gasteiger partial charge < -0.3 is 4.90 Å². The highest BCUT2D eigenvalue weighted by Crippen LogP contribution is 2.21. The number of carbonyl (C=O) groups excluding carboxylic acids is 1. The molecule has 1 amide bonds. The van der Waals surface area contributed by atoms with Gasteiger partial charge in [-0.05, 0) is 26.2 Å². The number of likely N-dealkylation sites (tertiary alicyclic amines) is 1. The van der Waals surface area contributed by atoms with Crippen LogP contribution in [0, 0.1) is 0 Å². The van der Waals surface area contributed by atoms with E-state index in [0.717, 1.165) is 19.4 Å². The SMILES string of the molecule is CCCC1CCCC(=O)N1CC. The van der Waals surface area contributed by atoms with Gasteiger partial charge in [-0.1, -0.05) is 13.3 Å². The van der Waals surface area contributed by atoms with Crippen LogP contribution in [0.15, 0.2) is 0 Å². The molecular formula is C10H19NO. The highest BCUT2D eigenvalue weighted by molar-refractivity contribution is 5.77. The summed E-state index contributed by atoms with van der Waals surface area (Å²) in [5.41, 5.74) is 0. The first kappa shape index (κ1) is 9.56. The highest BCUT2D eigenvalue weighted by atomic mass is 16.2. The van der Waals surface area contributed by atoms with Crippen LogP contribution in [0.2, 0.25) is 0 Å². The van der Waals surface area contributed by atoms with Gasteiger partial charge in [0.05, 0.1) is 0 Å². The van der Waals surface area contributed by atoms with E-state index in [1.165, 1.54) is 19.3 Å². The van der Waals surface area contributed by atoms with E-state index in [0.29, 0.717) is 11.9 Å². The van der Waals surface area contributed by atoms with Crippen molar-refractivity contribution in [2.75, 3.05) is 6.54 Å². The Kier molecular flexibility index (Phi) is 3.57. The number of carbonyl (C=O) groups is 1. The molecule has 0 aliphatic carbocycles. The summed E-state index contributed by atoms with van der Waals surface area (Å²) in [6.45, 7) is 5.16. The van der Waals surface area contributed by atoms with Crippen LogP contribution in [-0.4, -0.2) is 23.4 Å². The molecule has 1 aliphatic rings. The molecule has 1 heterocycles. The number of piperidine rings is 1. The zero-order valence-corrected chi connectivity index (χ0v) is 8.18. The van der Waals surface area contributed by atoms with Gasteiger partial charge in [0, 0.05) is 19.0 Å². The lowest BCUT2D eigenvalue weighted by Crippen LogP contribution is -2.43.